The topological polar surface area (TPSA) is 163 Å². The molecule has 0 saturated carbocycles. The molecule has 0 spiro atoms. The van der Waals surface area contributed by atoms with Crippen LogP contribution < -0.4 is 11.1 Å². The summed E-state index contributed by atoms with van der Waals surface area (Å²) in [6.45, 7) is 5.11. The van der Waals surface area contributed by atoms with E-state index >= 15 is 0 Å². The minimum Gasteiger partial charge on any atom is -0.428 e. The number of ether oxygens (including phenoxy) is 2. The van der Waals surface area contributed by atoms with Gasteiger partial charge in [-0.05, 0) is 12.0 Å². The standard InChI is InChI=1S/C21H27N5O7S2.ClH/c1-5-10(2)11(3)19(29)32-9-33-20(30)13-6-7-34-18-15(17(28)26(13)18)24-16(27)14(25-31-4)12-8-35-21(22)23-12;/h6,8,10-11,15,18H,5,7,9H2,1-4H3,(H2,22,23)(H,24,27);1H/b25-14+;. The highest BCUT2D eigenvalue weighted by molar-refractivity contribution is 8.00. The van der Waals surface area contributed by atoms with Crippen LogP contribution in [0.25, 0.3) is 0 Å². The molecule has 15 heteroatoms. The summed E-state index contributed by atoms with van der Waals surface area (Å²) in [4.78, 5) is 60.2. The molecule has 2 amide bonds. The fourth-order valence-corrected chi connectivity index (χ4v) is 5.11. The van der Waals surface area contributed by atoms with Gasteiger partial charge in [0, 0.05) is 11.1 Å². The van der Waals surface area contributed by atoms with Crippen LogP contribution in [0, 0.1) is 11.8 Å². The molecule has 0 bridgehead atoms. The molecular weight excluding hydrogens is 534 g/mol. The quantitative estimate of drug-likeness (QED) is 0.141. The normalized spacial score (nSPS) is 20.6. The molecule has 3 N–H and O–H groups in total. The highest BCUT2D eigenvalue weighted by Crippen LogP contribution is 2.37. The van der Waals surface area contributed by atoms with Crippen molar-refractivity contribution in [2.75, 3.05) is 25.4 Å². The summed E-state index contributed by atoms with van der Waals surface area (Å²) in [7, 11) is 1.28. The minimum absolute atomic E-state index is 0. The number of esters is 2. The van der Waals surface area contributed by atoms with Crippen LogP contribution in [-0.4, -0.2) is 70.4 Å². The molecule has 1 saturated heterocycles. The minimum atomic E-state index is -0.892. The first-order valence-corrected chi connectivity index (χ1v) is 12.7. The van der Waals surface area contributed by atoms with E-state index in [2.05, 4.69) is 15.5 Å². The fraction of sp³-hybridized carbons (Fsp3) is 0.524. The Morgan fingerprint density at radius 1 is 1.33 bits per heavy atom. The van der Waals surface area contributed by atoms with Gasteiger partial charge in [0.15, 0.2) is 10.8 Å². The van der Waals surface area contributed by atoms with Gasteiger partial charge in [0.2, 0.25) is 6.79 Å². The zero-order valence-electron chi connectivity index (χ0n) is 20.1. The van der Waals surface area contributed by atoms with E-state index in [4.69, 9.17) is 20.0 Å². The third-order valence-electron chi connectivity index (χ3n) is 5.76. The van der Waals surface area contributed by atoms with Gasteiger partial charge in [-0.25, -0.2) is 9.78 Å². The van der Waals surface area contributed by atoms with E-state index in [0.717, 1.165) is 17.8 Å². The molecule has 3 rings (SSSR count). The fourth-order valence-electron chi connectivity index (χ4n) is 3.36. The number of carbonyl (C=O) groups excluding carboxylic acids is 4. The van der Waals surface area contributed by atoms with Gasteiger partial charge in [-0.2, -0.15) is 0 Å². The second kappa shape index (κ2) is 12.9. The zero-order chi connectivity index (χ0) is 25.7. The molecule has 0 aliphatic carbocycles. The van der Waals surface area contributed by atoms with Crippen LogP contribution in [0.4, 0.5) is 5.13 Å². The number of oxime groups is 1. The Morgan fingerprint density at radius 2 is 2.06 bits per heavy atom. The number of nitrogen functional groups attached to an aromatic ring is 1. The number of β-lactam (4-membered cyclic amide) rings is 1. The maximum Gasteiger partial charge on any atom is 0.357 e. The van der Waals surface area contributed by atoms with Gasteiger partial charge in [-0.1, -0.05) is 32.3 Å². The number of amides is 2. The van der Waals surface area contributed by atoms with Crippen molar-refractivity contribution in [3.8, 4) is 0 Å². The molecule has 1 aromatic heterocycles. The van der Waals surface area contributed by atoms with Gasteiger partial charge in [-0.15, -0.1) is 35.5 Å². The number of anilines is 1. The number of halogens is 1. The number of nitrogens with two attached hydrogens (primary N) is 1. The molecule has 2 aliphatic heterocycles. The number of thiazole rings is 1. The first-order valence-electron chi connectivity index (χ1n) is 10.8. The van der Waals surface area contributed by atoms with Gasteiger partial charge < -0.3 is 25.4 Å². The Morgan fingerprint density at radius 3 is 2.67 bits per heavy atom. The Balaban J connectivity index is 0.00000456. The Bertz CT molecular complexity index is 1060. The molecule has 12 nitrogen and oxygen atoms in total. The van der Waals surface area contributed by atoms with Gasteiger partial charge >= 0.3 is 11.9 Å². The van der Waals surface area contributed by atoms with Crippen molar-refractivity contribution in [1.82, 2.24) is 15.2 Å². The molecule has 198 valence electrons. The molecule has 3 heterocycles. The summed E-state index contributed by atoms with van der Waals surface area (Å²) in [5, 5.41) is 7.60. The number of nitrogens with zero attached hydrogens (tertiary/aromatic N) is 3. The average molecular weight is 562 g/mol. The van der Waals surface area contributed by atoms with Gasteiger partial charge in [-0.3, -0.25) is 19.3 Å². The number of rotatable bonds is 10. The van der Waals surface area contributed by atoms with Crippen molar-refractivity contribution in [2.45, 2.75) is 38.6 Å². The molecule has 4 atom stereocenters. The van der Waals surface area contributed by atoms with E-state index < -0.39 is 42.0 Å². The summed E-state index contributed by atoms with van der Waals surface area (Å²) in [5.41, 5.74) is 5.75. The van der Waals surface area contributed by atoms with E-state index in [1.807, 2.05) is 13.8 Å². The van der Waals surface area contributed by atoms with Crippen LogP contribution in [0.15, 0.2) is 22.3 Å². The van der Waals surface area contributed by atoms with Gasteiger partial charge in [0.05, 0.1) is 5.92 Å². The Labute approximate surface area is 222 Å². The lowest BCUT2D eigenvalue weighted by atomic mass is 9.94. The lowest BCUT2D eigenvalue weighted by Crippen LogP contribution is -2.70. The average Bonchev–Trinajstić information content (AvgIpc) is 3.29. The van der Waals surface area contributed by atoms with Gasteiger partial charge in [0.25, 0.3) is 11.8 Å². The molecule has 4 unspecified atom stereocenters. The van der Waals surface area contributed by atoms with Crippen LogP contribution in [0.2, 0.25) is 0 Å². The summed E-state index contributed by atoms with van der Waals surface area (Å²) < 4.78 is 10.1. The number of aromatic nitrogens is 1. The van der Waals surface area contributed by atoms with Crippen molar-refractivity contribution in [3.63, 3.8) is 0 Å². The van der Waals surface area contributed by atoms with Crippen LogP contribution >= 0.6 is 35.5 Å². The Kier molecular flexibility index (Phi) is 10.5. The van der Waals surface area contributed by atoms with Crippen LogP contribution in [0.1, 0.15) is 32.9 Å². The van der Waals surface area contributed by atoms with Crippen molar-refractivity contribution in [3.05, 3.63) is 22.8 Å². The summed E-state index contributed by atoms with van der Waals surface area (Å²) in [5.74, 6) is -2.20. The van der Waals surface area contributed by atoms with Crippen LogP contribution in [0.3, 0.4) is 0 Å². The van der Waals surface area contributed by atoms with Crippen molar-refractivity contribution in [1.29, 1.82) is 0 Å². The zero-order valence-corrected chi connectivity index (χ0v) is 22.5. The molecule has 0 aromatic carbocycles. The third kappa shape index (κ3) is 6.28. The van der Waals surface area contributed by atoms with Crippen LogP contribution in [-0.2, 0) is 33.5 Å². The maximum absolute atomic E-state index is 12.8. The van der Waals surface area contributed by atoms with Crippen molar-refractivity contribution in [2.24, 2.45) is 17.0 Å². The van der Waals surface area contributed by atoms with E-state index in [-0.39, 0.29) is 46.5 Å². The number of fused-ring (bicyclic) bond motifs is 1. The monoisotopic (exact) mass is 561 g/mol. The van der Waals surface area contributed by atoms with Crippen LogP contribution in [0.5, 0.6) is 0 Å². The lowest BCUT2D eigenvalue weighted by molar-refractivity contribution is -0.171. The lowest BCUT2D eigenvalue weighted by Gasteiger charge is -2.48. The van der Waals surface area contributed by atoms with E-state index in [1.165, 1.54) is 23.8 Å². The number of hydrogen-bond donors (Lipinski definition) is 2. The molecular formula is C21H28ClN5O7S2. The number of carbonyl (C=O) groups is 4. The molecule has 2 aliphatic rings. The van der Waals surface area contributed by atoms with E-state index in [0.29, 0.717) is 5.75 Å². The number of nitrogens with one attached hydrogen (secondary N) is 1. The van der Waals surface area contributed by atoms with Crippen molar-refractivity contribution >= 4 is 70.1 Å². The number of hydrogen-bond acceptors (Lipinski definition) is 12. The second-order valence-corrected chi connectivity index (χ2v) is 9.89. The molecule has 1 aromatic rings. The maximum atomic E-state index is 12.8. The predicted octanol–water partition coefficient (Wildman–Crippen LogP) is 1.51. The molecule has 1 fully saturated rings. The molecule has 36 heavy (non-hydrogen) atoms. The predicted molar refractivity (Wildman–Crippen MR) is 136 cm³/mol. The number of thioether (sulfide) groups is 1. The van der Waals surface area contributed by atoms with E-state index in [9.17, 15) is 19.2 Å². The van der Waals surface area contributed by atoms with E-state index in [1.54, 1.807) is 18.4 Å². The SMILES string of the molecule is CCC(C)C(C)C(=O)OCOC(=O)C1=CCSC2C(NC(=O)/C(=N/OC)c3csc(N)n3)C(=O)N12.Cl. The largest absolute Gasteiger partial charge is 0.428 e. The Hall–Kier alpha value is -2.84. The molecule has 0 radical (unpaired) electrons. The highest BCUT2D eigenvalue weighted by Gasteiger charge is 2.53. The highest BCUT2D eigenvalue weighted by atomic mass is 35.5. The smallest absolute Gasteiger partial charge is 0.357 e. The first kappa shape index (κ1) is 29.4. The third-order valence-corrected chi connectivity index (χ3v) is 7.62. The first-order chi connectivity index (χ1) is 16.7. The summed E-state index contributed by atoms with van der Waals surface area (Å²) >= 11 is 2.50. The van der Waals surface area contributed by atoms with Crippen molar-refractivity contribution < 1.29 is 33.5 Å². The summed E-state index contributed by atoms with van der Waals surface area (Å²) in [6.07, 6.45) is 2.37. The summed E-state index contributed by atoms with van der Waals surface area (Å²) in [6, 6.07) is -0.892. The second-order valence-electron chi connectivity index (χ2n) is 7.85. The van der Waals surface area contributed by atoms with Gasteiger partial charge in [0.1, 0.15) is 29.9 Å².